The number of likely N-dealkylation sites (N-methyl/N-ethyl adjacent to an activating group) is 1. The number of anilines is 2. The van der Waals surface area contributed by atoms with Crippen molar-refractivity contribution in [3.05, 3.63) is 82.5 Å². The zero-order valence-corrected chi connectivity index (χ0v) is 36.5. The van der Waals surface area contributed by atoms with Gasteiger partial charge in [-0.25, -0.2) is 9.97 Å². The summed E-state index contributed by atoms with van der Waals surface area (Å²) in [4.78, 5) is 66.6. The Morgan fingerprint density at radius 1 is 0.714 bits per heavy atom. The van der Waals surface area contributed by atoms with Gasteiger partial charge in [-0.15, -0.1) is 0 Å². The van der Waals surface area contributed by atoms with Gasteiger partial charge in [0.25, 0.3) is 11.8 Å². The highest BCUT2D eigenvalue weighted by atomic mass is 16.5. The Kier molecular flexibility index (Phi) is 13.2. The number of aromatic nitrogens is 8. The van der Waals surface area contributed by atoms with E-state index in [1.165, 1.54) is 13.2 Å². The molecule has 20 nitrogen and oxygen atoms in total. The number of fused-ring (bicyclic) bond motifs is 2. The van der Waals surface area contributed by atoms with Crippen molar-refractivity contribution in [1.29, 1.82) is 0 Å². The van der Waals surface area contributed by atoms with Crippen LogP contribution in [0.5, 0.6) is 11.5 Å². The molecule has 0 radical (unpaired) electrons. The highest BCUT2D eigenvalue weighted by Gasteiger charge is 2.24. The summed E-state index contributed by atoms with van der Waals surface area (Å²) in [5.41, 5.74) is 15.7. The minimum atomic E-state index is -0.663. The number of aryl methyl sites for hydroxylation is 4. The number of carbonyl (C=O) groups is 4. The molecule has 4 amide bonds. The second-order valence-corrected chi connectivity index (χ2v) is 15.4. The highest BCUT2D eigenvalue weighted by Crippen LogP contribution is 2.33. The van der Waals surface area contributed by atoms with Crippen LogP contribution in [-0.2, 0) is 26.2 Å². The van der Waals surface area contributed by atoms with Crippen molar-refractivity contribution in [2.75, 3.05) is 64.1 Å². The number of primary amides is 2. The number of carbonyl (C=O) groups excluding carboxylic acids is 4. The Labute approximate surface area is 363 Å². The molecule has 0 spiro atoms. The average molecular weight is 863 g/mol. The summed E-state index contributed by atoms with van der Waals surface area (Å²) in [5.74, 6) is -1.06. The van der Waals surface area contributed by atoms with Gasteiger partial charge < -0.3 is 39.9 Å². The molecule has 20 heteroatoms. The van der Waals surface area contributed by atoms with Crippen LogP contribution >= 0.6 is 0 Å². The minimum absolute atomic E-state index is 0.176. The molecule has 0 atom stereocenters. The zero-order valence-electron chi connectivity index (χ0n) is 36.5. The second kappa shape index (κ2) is 18.9. The Bertz CT molecular complexity index is 2720. The Morgan fingerprint density at radius 2 is 1.19 bits per heavy atom. The molecule has 7 rings (SSSR count). The van der Waals surface area contributed by atoms with E-state index in [-0.39, 0.29) is 36.1 Å². The van der Waals surface area contributed by atoms with Crippen LogP contribution in [0.3, 0.4) is 0 Å². The lowest BCUT2D eigenvalue weighted by molar-refractivity contribution is 0.0991. The van der Waals surface area contributed by atoms with Gasteiger partial charge in [0.1, 0.15) is 33.9 Å². The van der Waals surface area contributed by atoms with Crippen LogP contribution in [0.4, 0.5) is 11.9 Å². The summed E-state index contributed by atoms with van der Waals surface area (Å²) >= 11 is 0. The van der Waals surface area contributed by atoms with Gasteiger partial charge in [0, 0.05) is 70.0 Å². The normalized spacial score (nSPS) is 13.6. The number of benzene rings is 2. The molecule has 0 unspecified atom stereocenters. The molecule has 1 aliphatic heterocycles. The summed E-state index contributed by atoms with van der Waals surface area (Å²) in [7, 11) is 3.59. The maximum Gasteiger partial charge on any atom is 0.276 e. The molecule has 1 aliphatic rings. The fourth-order valence-electron chi connectivity index (χ4n) is 7.73. The number of nitrogens with two attached hydrogens (primary N) is 2. The number of nitrogens with one attached hydrogen (secondary N) is 2. The maximum absolute atomic E-state index is 13.8. The number of rotatable bonds is 18. The van der Waals surface area contributed by atoms with E-state index in [2.05, 4.69) is 37.7 Å². The predicted octanol–water partition coefficient (Wildman–Crippen LogP) is 3.42. The lowest BCUT2D eigenvalue weighted by Crippen LogP contribution is -2.44. The Balaban J connectivity index is 1.24. The van der Waals surface area contributed by atoms with Gasteiger partial charge in [-0.05, 0) is 77.6 Å². The number of piperazine rings is 1. The summed E-state index contributed by atoms with van der Waals surface area (Å²) in [6.45, 7) is 13.9. The first-order chi connectivity index (χ1) is 30.3. The number of hydrogen-bond acceptors (Lipinski definition) is 12. The smallest absolute Gasteiger partial charge is 0.276 e. The van der Waals surface area contributed by atoms with Gasteiger partial charge in [-0.3, -0.25) is 39.2 Å². The average Bonchev–Trinajstić information content (AvgIpc) is 4.03. The van der Waals surface area contributed by atoms with Crippen LogP contribution in [0, 0.1) is 13.8 Å². The monoisotopic (exact) mass is 862 g/mol. The van der Waals surface area contributed by atoms with E-state index in [1.54, 1.807) is 48.8 Å². The van der Waals surface area contributed by atoms with Crippen molar-refractivity contribution in [1.82, 2.24) is 48.5 Å². The molecule has 6 aromatic rings. The van der Waals surface area contributed by atoms with E-state index in [9.17, 15) is 19.2 Å². The molecular formula is C43H54N14O6. The third-order valence-electron chi connectivity index (χ3n) is 10.9. The van der Waals surface area contributed by atoms with Crippen LogP contribution in [0.1, 0.15) is 73.3 Å². The van der Waals surface area contributed by atoms with Crippen molar-refractivity contribution in [2.24, 2.45) is 11.5 Å². The summed E-state index contributed by atoms with van der Waals surface area (Å²) in [6, 6.07) is 9.65. The van der Waals surface area contributed by atoms with Gasteiger partial charge in [-0.1, -0.05) is 12.2 Å². The number of allylic oxidation sites excluding steroid dienone is 2. The minimum Gasteiger partial charge on any atom is -0.494 e. The van der Waals surface area contributed by atoms with Gasteiger partial charge >= 0.3 is 0 Å². The lowest BCUT2D eigenvalue weighted by atomic mass is 10.1. The van der Waals surface area contributed by atoms with Crippen molar-refractivity contribution in [3.8, 4) is 11.5 Å². The number of methoxy groups -OCH3 is 1. The molecule has 1 saturated heterocycles. The topological polar surface area (TPSA) is 241 Å². The fourth-order valence-corrected chi connectivity index (χ4v) is 7.73. The fraction of sp³-hybridized carbons (Fsp3) is 0.395. The van der Waals surface area contributed by atoms with E-state index in [1.807, 2.05) is 39.8 Å². The highest BCUT2D eigenvalue weighted by molar-refractivity contribution is 6.05. The molecule has 6 N–H and O–H groups in total. The van der Waals surface area contributed by atoms with Crippen molar-refractivity contribution >= 4 is 57.6 Å². The lowest BCUT2D eigenvalue weighted by Gasteiger charge is -2.32. The third-order valence-corrected chi connectivity index (χ3v) is 10.9. The first-order valence-electron chi connectivity index (χ1n) is 20.9. The van der Waals surface area contributed by atoms with E-state index in [0.717, 1.165) is 39.1 Å². The molecule has 0 saturated carbocycles. The predicted molar refractivity (Wildman–Crippen MR) is 237 cm³/mol. The van der Waals surface area contributed by atoms with Crippen LogP contribution < -0.4 is 31.6 Å². The molecule has 63 heavy (non-hydrogen) atoms. The SMILES string of the molecule is CCn1nc(C)cc1C(=O)Nc1nc2cc(C(N)=O)cc(OC)c2n1C/C=C/Cn1c(NC(=O)c2cc(C)nn2CC)nc2cc(C(N)=O)cc(OCCCN3CCN(C)CC3)c21. The summed E-state index contributed by atoms with van der Waals surface area (Å²) in [5, 5.41) is 14.7. The molecule has 1 fully saturated rings. The van der Waals surface area contributed by atoms with E-state index in [4.69, 9.17) is 30.9 Å². The zero-order chi connectivity index (χ0) is 44.9. The summed E-state index contributed by atoms with van der Waals surface area (Å²) in [6.07, 6.45) is 4.47. The van der Waals surface area contributed by atoms with Crippen LogP contribution in [0.25, 0.3) is 22.1 Å². The standard InChI is InChI=1S/C43H54N14O6/c1-7-56-32(20-26(3)50-56)40(60)48-42-46-30-22-28(38(44)58)24-34(62-6)36(30)54(42)13-9-10-14-55-37-31(47-43(55)49-41(61)33-21-27(4)51-57(33)8-2)23-29(39(45)59)25-35(37)63-19-11-12-53-17-15-52(5)16-18-53/h9-10,20-25H,7-8,11-19H2,1-6H3,(H2,44,58)(H2,45,59)(H,46,48,60)(H,47,49,61)/b10-9+. The third kappa shape index (κ3) is 9.56. The van der Waals surface area contributed by atoms with Crippen molar-refractivity contribution < 1.29 is 28.7 Å². The number of nitrogens with zero attached hydrogens (tertiary/aromatic N) is 10. The van der Waals surface area contributed by atoms with Gasteiger partial charge in [0.15, 0.2) is 0 Å². The van der Waals surface area contributed by atoms with E-state index >= 15 is 0 Å². The van der Waals surface area contributed by atoms with Crippen LogP contribution in [-0.4, -0.2) is 126 Å². The first kappa shape index (κ1) is 44.0. The van der Waals surface area contributed by atoms with E-state index < -0.39 is 23.6 Å². The number of imidazole rings is 2. The van der Waals surface area contributed by atoms with Gasteiger partial charge in [-0.2, -0.15) is 10.2 Å². The molecule has 0 aliphatic carbocycles. The number of amides is 4. The van der Waals surface area contributed by atoms with Crippen LogP contribution in [0.2, 0.25) is 0 Å². The largest absolute Gasteiger partial charge is 0.494 e. The molecular weight excluding hydrogens is 809 g/mol. The molecule has 332 valence electrons. The molecule has 0 bridgehead atoms. The second-order valence-electron chi connectivity index (χ2n) is 15.4. The van der Waals surface area contributed by atoms with E-state index in [0.29, 0.717) is 76.0 Å². The number of ether oxygens (including phenoxy) is 2. The Morgan fingerprint density at radius 3 is 1.65 bits per heavy atom. The molecule has 5 heterocycles. The van der Waals surface area contributed by atoms with Gasteiger partial charge in [0.05, 0.1) is 36.1 Å². The molecule has 2 aromatic carbocycles. The first-order valence-corrected chi connectivity index (χ1v) is 20.9. The maximum atomic E-state index is 13.8. The van der Waals surface area contributed by atoms with Crippen molar-refractivity contribution in [3.63, 3.8) is 0 Å². The number of hydrogen-bond donors (Lipinski definition) is 4. The Hall–Kier alpha value is -7.06. The van der Waals surface area contributed by atoms with Crippen LogP contribution in [0.15, 0.2) is 48.6 Å². The van der Waals surface area contributed by atoms with Crippen molar-refractivity contribution in [2.45, 2.75) is 60.3 Å². The quantitative estimate of drug-likeness (QED) is 0.0718. The van der Waals surface area contributed by atoms with Gasteiger partial charge in [0.2, 0.25) is 23.7 Å². The summed E-state index contributed by atoms with van der Waals surface area (Å²) < 4.78 is 18.9. The molecule has 4 aromatic heterocycles.